The maximum Gasteiger partial charge on any atom is 0.194 e. The van der Waals surface area contributed by atoms with E-state index in [2.05, 4.69) is 6.58 Å². The number of hydrogen-bond donors (Lipinski definition) is 0. The summed E-state index contributed by atoms with van der Waals surface area (Å²) >= 11 is 0. The lowest BCUT2D eigenvalue weighted by atomic mass is 9.66. The predicted molar refractivity (Wildman–Crippen MR) is 184 cm³/mol. The van der Waals surface area contributed by atoms with E-state index < -0.39 is 11.8 Å². The first kappa shape index (κ1) is 28.4. The van der Waals surface area contributed by atoms with Gasteiger partial charge in [-0.2, -0.15) is 0 Å². The molecular weight excluding hydrogens is 624 g/mol. The minimum absolute atomic E-state index is 0.190. The van der Waals surface area contributed by atoms with Crippen LogP contribution in [0.3, 0.4) is 0 Å². The highest BCUT2D eigenvalue weighted by atomic mass is 16.2. The minimum Gasteiger partial charge on any atom is -0.289 e. The molecule has 0 saturated heterocycles. The highest BCUT2D eigenvalue weighted by Gasteiger charge is 2.43. The molecule has 0 unspecified atom stereocenters. The summed E-state index contributed by atoms with van der Waals surface area (Å²) in [6, 6.07) is 27.0. The number of Topliss-reactive ketones (excluding diaryl/α,β-unsaturated/α-hetero) is 2. The van der Waals surface area contributed by atoms with Crippen molar-refractivity contribution in [3.8, 4) is 0 Å². The second kappa shape index (κ2) is 9.71. The standard InChI is InChI=1S/C44H22O6/c1-20-14-32-33(40(46)22-9-3-2-8-21(22)39(32)45)15-27-28-16-34-36(43(49)25-12-6-4-10-23(25)41(34)47)18-30(28)38(20)31-19-37-35(17-29(27)31)42(48)24-11-5-7-13-26(24)44(37)50/h2-19,27,38H,1H2/b32-14+,33-15+. The zero-order valence-corrected chi connectivity index (χ0v) is 26.2. The second-order valence-electron chi connectivity index (χ2n) is 13.3. The third kappa shape index (κ3) is 3.52. The van der Waals surface area contributed by atoms with E-state index in [-0.39, 0.29) is 73.7 Å². The average Bonchev–Trinajstić information content (AvgIpc) is 3.23. The molecule has 0 fully saturated rings. The Morgan fingerprint density at radius 3 is 1.08 bits per heavy atom. The molecule has 234 valence electrons. The van der Waals surface area contributed by atoms with Gasteiger partial charge in [0.05, 0.1) is 0 Å². The van der Waals surface area contributed by atoms with Gasteiger partial charge in [-0.25, -0.2) is 0 Å². The van der Waals surface area contributed by atoms with Gasteiger partial charge in [0.15, 0.2) is 34.7 Å². The summed E-state index contributed by atoms with van der Waals surface area (Å²) in [6.45, 7) is 4.43. The summed E-state index contributed by atoms with van der Waals surface area (Å²) in [5, 5.41) is 0. The van der Waals surface area contributed by atoms with Crippen LogP contribution in [0.5, 0.6) is 0 Å². The highest BCUT2D eigenvalue weighted by molar-refractivity contribution is 6.32. The number of benzene rings is 5. The van der Waals surface area contributed by atoms with E-state index in [1.807, 2.05) is 0 Å². The first-order valence-electron chi connectivity index (χ1n) is 16.3. The lowest BCUT2D eigenvalue weighted by Crippen LogP contribution is -2.27. The van der Waals surface area contributed by atoms with E-state index >= 15 is 0 Å². The van der Waals surface area contributed by atoms with Gasteiger partial charge in [0, 0.05) is 78.6 Å². The molecule has 5 aromatic rings. The van der Waals surface area contributed by atoms with Gasteiger partial charge in [-0.3, -0.25) is 28.8 Å². The van der Waals surface area contributed by atoms with E-state index in [4.69, 9.17) is 0 Å². The van der Waals surface area contributed by atoms with Crippen molar-refractivity contribution < 1.29 is 28.8 Å². The van der Waals surface area contributed by atoms with Crippen LogP contribution in [0.15, 0.2) is 133 Å². The van der Waals surface area contributed by atoms with E-state index in [1.54, 1.807) is 109 Å². The van der Waals surface area contributed by atoms with Crippen LogP contribution in [0.25, 0.3) is 0 Å². The number of ketones is 6. The molecule has 0 N–H and O–H groups in total. The summed E-state index contributed by atoms with van der Waals surface area (Å²) in [5.74, 6) is -3.20. The van der Waals surface area contributed by atoms with Gasteiger partial charge in [0.2, 0.25) is 0 Å². The van der Waals surface area contributed by atoms with E-state index in [1.165, 1.54) is 0 Å². The van der Waals surface area contributed by atoms with Gasteiger partial charge in [0.25, 0.3) is 0 Å². The molecule has 0 saturated carbocycles. The monoisotopic (exact) mass is 646 g/mol. The molecular formula is C44H22O6. The Kier molecular flexibility index (Phi) is 5.51. The molecule has 6 heteroatoms. The molecule has 5 aromatic carbocycles. The largest absolute Gasteiger partial charge is 0.289 e. The maximum absolute atomic E-state index is 14.2. The van der Waals surface area contributed by atoms with E-state index in [9.17, 15) is 28.8 Å². The van der Waals surface area contributed by atoms with Crippen LogP contribution in [-0.4, -0.2) is 34.7 Å². The smallest absolute Gasteiger partial charge is 0.194 e. The van der Waals surface area contributed by atoms with Crippen molar-refractivity contribution in [3.05, 3.63) is 210 Å². The van der Waals surface area contributed by atoms with Gasteiger partial charge < -0.3 is 0 Å². The predicted octanol–water partition coefficient (Wildman–Crippen LogP) is 7.32. The highest BCUT2D eigenvalue weighted by Crippen LogP contribution is 2.52. The van der Waals surface area contributed by atoms with Crippen molar-refractivity contribution in [2.45, 2.75) is 11.8 Å². The summed E-state index contributed by atoms with van der Waals surface area (Å²) in [7, 11) is 0. The van der Waals surface area contributed by atoms with Crippen LogP contribution in [0.2, 0.25) is 0 Å². The Balaban J connectivity index is 1.29. The maximum atomic E-state index is 14.2. The number of carbonyl (C=O) groups is 6. The summed E-state index contributed by atoms with van der Waals surface area (Å²) in [4.78, 5) is 84.0. The molecule has 0 spiro atoms. The van der Waals surface area contributed by atoms with Crippen LogP contribution in [-0.2, 0) is 0 Å². The van der Waals surface area contributed by atoms with Gasteiger partial charge in [-0.05, 0) is 58.2 Å². The van der Waals surface area contributed by atoms with Gasteiger partial charge in [0.1, 0.15) is 0 Å². The van der Waals surface area contributed by atoms with Crippen molar-refractivity contribution in [2.24, 2.45) is 0 Å². The molecule has 5 aliphatic carbocycles. The molecule has 0 aliphatic heterocycles. The van der Waals surface area contributed by atoms with Gasteiger partial charge in [-0.15, -0.1) is 0 Å². The van der Waals surface area contributed by atoms with Crippen molar-refractivity contribution in [1.29, 1.82) is 0 Å². The first-order chi connectivity index (χ1) is 24.2. The first-order valence-corrected chi connectivity index (χ1v) is 16.3. The molecule has 0 heterocycles. The SMILES string of the molecule is C=C1/C=C2/C(=O)c3ccccc3C(=O)/C2=C/C2c3cc4c(cc3C1c1cc3c(cc12)C(=O)c1ccccc1C3=O)C(=O)c1ccccc1C4=O. The average molecular weight is 647 g/mol. The van der Waals surface area contributed by atoms with Crippen molar-refractivity contribution in [3.63, 3.8) is 0 Å². The minimum atomic E-state index is -0.724. The Bertz CT molecular complexity index is 2550. The molecule has 10 rings (SSSR count). The van der Waals surface area contributed by atoms with Gasteiger partial charge in [-0.1, -0.05) is 85.5 Å². The molecule has 2 bridgehead atoms. The quantitative estimate of drug-likeness (QED) is 0.171. The third-order valence-corrected chi connectivity index (χ3v) is 10.8. The molecule has 0 radical (unpaired) electrons. The number of fused-ring (bicyclic) bond motifs is 9. The summed E-state index contributed by atoms with van der Waals surface area (Å²) in [5.41, 5.74) is 6.32. The summed E-state index contributed by atoms with van der Waals surface area (Å²) < 4.78 is 0. The Labute approximate surface area is 285 Å². The number of rotatable bonds is 0. The molecule has 50 heavy (non-hydrogen) atoms. The Morgan fingerprint density at radius 2 is 0.700 bits per heavy atom. The molecule has 6 nitrogen and oxygen atoms in total. The molecule has 5 aliphatic rings. The molecule has 0 atom stereocenters. The van der Waals surface area contributed by atoms with Crippen LogP contribution in [0.1, 0.15) is 118 Å². The van der Waals surface area contributed by atoms with E-state index in [0.29, 0.717) is 55.6 Å². The normalized spacial score (nSPS) is 21.4. The van der Waals surface area contributed by atoms with E-state index in [0.717, 1.165) is 0 Å². The molecule has 0 aromatic heterocycles. The van der Waals surface area contributed by atoms with Crippen LogP contribution < -0.4 is 0 Å². The van der Waals surface area contributed by atoms with Gasteiger partial charge >= 0.3 is 0 Å². The fraction of sp³-hybridized carbons (Fsp3) is 0.0455. The number of hydrogen-bond acceptors (Lipinski definition) is 6. The zero-order chi connectivity index (χ0) is 34.2. The Morgan fingerprint density at radius 1 is 0.380 bits per heavy atom. The zero-order valence-electron chi connectivity index (χ0n) is 26.2. The lowest BCUT2D eigenvalue weighted by molar-refractivity contribution is 0.0972. The number of allylic oxidation sites excluding steroid dienone is 5. The third-order valence-electron chi connectivity index (χ3n) is 10.8. The second-order valence-corrected chi connectivity index (χ2v) is 13.3. The lowest BCUT2D eigenvalue weighted by Gasteiger charge is -2.36. The fourth-order valence-electron chi connectivity index (χ4n) is 8.47. The molecule has 0 amide bonds. The van der Waals surface area contributed by atoms with Crippen LogP contribution >= 0.6 is 0 Å². The summed E-state index contributed by atoms with van der Waals surface area (Å²) in [6.07, 6.45) is 3.37. The Hall–Kier alpha value is -6.66. The van der Waals surface area contributed by atoms with Crippen molar-refractivity contribution in [1.82, 2.24) is 0 Å². The van der Waals surface area contributed by atoms with Crippen molar-refractivity contribution in [2.75, 3.05) is 0 Å². The number of carbonyl (C=O) groups excluding carboxylic acids is 6. The fourth-order valence-corrected chi connectivity index (χ4v) is 8.47. The van der Waals surface area contributed by atoms with Crippen molar-refractivity contribution >= 4 is 34.7 Å². The van der Waals surface area contributed by atoms with Crippen LogP contribution in [0.4, 0.5) is 0 Å². The topological polar surface area (TPSA) is 102 Å². The van der Waals surface area contributed by atoms with Crippen LogP contribution in [0, 0.1) is 0 Å².